The number of hydrogen-bond acceptors (Lipinski definition) is 5. The number of carbonyl (C=O) groups excluding carboxylic acids is 2. The number of amides is 2. The van der Waals surface area contributed by atoms with Crippen molar-refractivity contribution < 1.29 is 23.8 Å². The van der Waals surface area contributed by atoms with E-state index in [1.807, 2.05) is 30.3 Å². The molecule has 0 aromatic heterocycles. The van der Waals surface area contributed by atoms with E-state index in [0.717, 1.165) is 5.75 Å². The summed E-state index contributed by atoms with van der Waals surface area (Å²) in [6, 6.07) is 14.1. The van der Waals surface area contributed by atoms with Crippen LogP contribution in [0, 0.1) is 0 Å². The number of methoxy groups -OCH3 is 2. The predicted molar refractivity (Wildman–Crippen MR) is 96.3 cm³/mol. The first-order valence-electron chi connectivity index (χ1n) is 8.13. The molecule has 0 aliphatic carbocycles. The Morgan fingerprint density at radius 1 is 0.923 bits per heavy atom. The monoisotopic (exact) mass is 358 g/mol. The topological polar surface area (TPSA) is 85.9 Å². The molecule has 0 unspecified atom stereocenters. The molecule has 0 radical (unpaired) electrons. The van der Waals surface area contributed by atoms with Crippen LogP contribution in [0.1, 0.15) is 23.2 Å². The summed E-state index contributed by atoms with van der Waals surface area (Å²) in [6.45, 7) is 0.418. The predicted octanol–water partition coefficient (Wildman–Crippen LogP) is 2.32. The summed E-state index contributed by atoms with van der Waals surface area (Å²) in [7, 11) is 3.00. The first kappa shape index (κ1) is 19.1. The number of nitrogens with one attached hydrogen (secondary N) is 2. The molecule has 2 aromatic carbocycles. The van der Waals surface area contributed by atoms with Gasteiger partial charge >= 0.3 is 0 Å². The molecular weight excluding hydrogens is 336 g/mol. The third-order valence-corrected chi connectivity index (χ3v) is 3.52. The van der Waals surface area contributed by atoms with E-state index < -0.39 is 5.91 Å². The number of hydrogen-bond donors (Lipinski definition) is 2. The summed E-state index contributed by atoms with van der Waals surface area (Å²) in [4.78, 5) is 23.9. The number of para-hydroxylation sites is 1. The lowest BCUT2D eigenvalue weighted by Crippen LogP contribution is -2.41. The maximum Gasteiger partial charge on any atom is 0.269 e. The molecule has 0 atom stereocenters. The number of rotatable bonds is 8. The standard InChI is InChI=1S/C19H22N2O5/c1-24-16-11-10-14(13-17(16)25-2)19(23)21-20-18(22)9-6-12-26-15-7-4-3-5-8-15/h3-5,7-8,10-11,13H,6,9,12H2,1-2H3,(H,20,22)(H,21,23). The smallest absolute Gasteiger partial charge is 0.269 e. The van der Waals surface area contributed by atoms with E-state index in [9.17, 15) is 9.59 Å². The molecule has 0 saturated heterocycles. The van der Waals surface area contributed by atoms with Gasteiger partial charge in [0, 0.05) is 12.0 Å². The fourth-order valence-corrected chi connectivity index (χ4v) is 2.18. The van der Waals surface area contributed by atoms with Gasteiger partial charge in [0.05, 0.1) is 20.8 Å². The van der Waals surface area contributed by atoms with E-state index in [-0.39, 0.29) is 12.3 Å². The Balaban J connectivity index is 1.72. The van der Waals surface area contributed by atoms with Crippen LogP contribution in [0.2, 0.25) is 0 Å². The highest BCUT2D eigenvalue weighted by Gasteiger charge is 2.11. The van der Waals surface area contributed by atoms with Crippen molar-refractivity contribution in [2.24, 2.45) is 0 Å². The first-order chi connectivity index (χ1) is 12.6. The van der Waals surface area contributed by atoms with Crippen molar-refractivity contribution >= 4 is 11.8 Å². The molecule has 26 heavy (non-hydrogen) atoms. The van der Waals surface area contributed by atoms with Crippen molar-refractivity contribution in [1.82, 2.24) is 10.9 Å². The van der Waals surface area contributed by atoms with E-state index in [1.54, 1.807) is 12.1 Å². The minimum absolute atomic E-state index is 0.235. The number of benzene rings is 2. The van der Waals surface area contributed by atoms with Gasteiger partial charge in [0.1, 0.15) is 5.75 Å². The Morgan fingerprint density at radius 3 is 2.35 bits per heavy atom. The number of ether oxygens (including phenoxy) is 3. The Bertz CT molecular complexity index is 734. The van der Waals surface area contributed by atoms with Gasteiger partial charge in [-0.05, 0) is 36.8 Å². The lowest BCUT2D eigenvalue weighted by Gasteiger charge is -2.11. The van der Waals surface area contributed by atoms with Crippen LogP contribution in [0.4, 0.5) is 0 Å². The summed E-state index contributed by atoms with van der Waals surface area (Å²) in [6.07, 6.45) is 0.770. The molecule has 0 bridgehead atoms. The molecule has 0 spiro atoms. The van der Waals surface area contributed by atoms with Gasteiger partial charge in [-0.1, -0.05) is 18.2 Å². The quantitative estimate of drug-likeness (QED) is 0.559. The minimum Gasteiger partial charge on any atom is -0.494 e. The average Bonchev–Trinajstić information content (AvgIpc) is 2.69. The molecule has 2 N–H and O–H groups in total. The highest BCUT2D eigenvalue weighted by Crippen LogP contribution is 2.27. The second-order valence-corrected chi connectivity index (χ2v) is 5.34. The fourth-order valence-electron chi connectivity index (χ4n) is 2.18. The van der Waals surface area contributed by atoms with Gasteiger partial charge in [-0.15, -0.1) is 0 Å². The summed E-state index contributed by atoms with van der Waals surface area (Å²) >= 11 is 0. The van der Waals surface area contributed by atoms with E-state index in [0.29, 0.717) is 30.1 Å². The molecule has 2 aromatic rings. The molecular formula is C19H22N2O5. The molecule has 2 rings (SSSR count). The molecule has 0 fully saturated rings. The van der Waals surface area contributed by atoms with Crippen LogP contribution in [0.5, 0.6) is 17.2 Å². The zero-order valence-corrected chi connectivity index (χ0v) is 14.8. The largest absolute Gasteiger partial charge is 0.494 e. The Labute approximate surface area is 152 Å². The maximum absolute atomic E-state index is 12.1. The third kappa shape index (κ3) is 5.70. The van der Waals surface area contributed by atoms with Gasteiger partial charge in [-0.25, -0.2) is 0 Å². The van der Waals surface area contributed by atoms with Gasteiger partial charge in [-0.3, -0.25) is 20.4 Å². The van der Waals surface area contributed by atoms with Gasteiger partial charge in [-0.2, -0.15) is 0 Å². The van der Waals surface area contributed by atoms with Gasteiger partial charge in [0.2, 0.25) is 5.91 Å². The van der Waals surface area contributed by atoms with Crippen molar-refractivity contribution in [3.63, 3.8) is 0 Å². The highest BCUT2D eigenvalue weighted by atomic mass is 16.5. The van der Waals surface area contributed by atoms with E-state index in [1.165, 1.54) is 20.3 Å². The van der Waals surface area contributed by atoms with Crippen LogP contribution in [0.25, 0.3) is 0 Å². The molecule has 0 aliphatic rings. The van der Waals surface area contributed by atoms with E-state index in [4.69, 9.17) is 14.2 Å². The minimum atomic E-state index is -0.445. The van der Waals surface area contributed by atoms with Crippen LogP contribution in [0.3, 0.4) is 0 Å². The zero-order chi connectivity index (χ0) is 18.8. The van der Waals surface area contributed by atoms with Crippen LogP contribution in [-0.2, 0) is 4.79 Å². The number of hydrazine groups is 1. The van der Waals surface area contributed by atoms with E-state index >= 15 is 0 Å². The lowest BCUT2D eigenvalue weighted by molar-refractivity contribution is -0.122. The Morgan fingerprint density at radius 2 is 1.65 bits per heavy atom. The Hall–Kier alpha value is -3.22. The van der Waals surface area contributed by atoms with Gasteiger partial charge in [0.25, 0.3) is 5.91 Å². The Kier molecular flexibility index (Phi) is 7.30. The normalized spacial score (nSPS) is 9.92. The second-order valence-electron chi connectivity index (χ2n) is 5.34. The molecule has 7 nitrogen and oxygen atoms in total. The molecule has 138 valence electrons. The van der Waals surface area contributed by atoms with Crippen molar-refractivity contribution in [1.29, 1.82) is 0 Å². The van der Waals surface area contributed by atoms with Crippen molar-refractivity contribution in [2.75, 3.05) is 20.8 Å². The molecule has 0 aliphatic heterocycles. The third-order valence-electron chi connectivity index (χ3n) is 3.52. The van der Waals surface area contributed by atoms with Crippen molar-refractivity contribution in [3.05, 3.63) is 54.1 Å². The van der Waals surface area contributed by atoms with Crippen LogP contribution in [-0.4, -0.2) is 32.6 Å². The lowest BCUT2D eigenvalue weighted by atomic mass is 10.2. The fraction of sp³-hybridized carbons (Fsp3) is 0.263. The molecule has 0 saturated carbocycles. The summed E-state index contributed by atoms with van der Waals surface area (Å²) in [5.74, 6) is 0.973. The van der Waals surface area contributed by atoms with Crippen molar-refractivity contribution in [3.8, 4) is 17.2 Å². The number of carbonyl (C=O) groups is 2. The van der Waals surface area contributed by atoms with Gasteiger partial charge in [0.15, 0.2) is 11.5 Å². The first-order valence-corrected chi connectivity index (χ1v) is 8.13. The van der Waals surface area contributed by atoms with Crippen molar-refractivity contribution in [2.45, 2.75) is 12.8 Å². The molecule has 7 heteroatoms. The van der Waals surface area contributed by atoms with E-state index in [2.05, 4.69) is 10.9 Å². The van der Waals surface area contributed by atoms with Crippen LogP contribution >= 0.6 is 0 Å². The summed E-state index contributed by atoms with van der Waals surface area (Å²) in [5.41, 5.74) is 5.09. The van der Waals surface area contributed by atoms with Crippen LogP contribution in [0.15, 0.2) is 48.5 Å². The summed E-state index contributed by atoms with van der Waals surface area (Å²) in [5, 5.41) is 0. The molecule has 2 amide bonds. The van der Waals surface area contributed by atoms with Gasteiger partial charge < -0.3 is 14.2 Å². The SMILES string of the molecule is COc1ccc(C(=O)NNC(=O)CCCOc2ccccc2)cc1OC. The second kappa shape index (κ2) is 9.93. The highest BCUT2D eigenvalue weighted by molar-refractivity contribution is 5.96. The molecule has 0 heterocycles. The maximum atomic E-state index is 12.1. The zero-order valence-electron chi connectivity index (χ0n) is 14.8. The summed E-state index contributed by atoms with van der Waals surface area (Å²) < 4.78 is 15.8. The van der Waals surface area contributed by atoms with Crippen LogP contribution < -0.4 is 25.1 Å². The average molecular weight is 358 g/mol.